The summed E-state index contributed by atoms with van der Waals surface area (Å²) in [5.74, 6) is 0.144. The summed E-state index contributed by atoms with van der Waals surface area (Å²) in [6.07, 6.45) is 5.48. The number of anilines is 1. The molecule has 2 aliphatic rings. The lowest BCUT2D eigenvalue weighted by Gasteiger charge is -2.26. The highest BCUT2D eigenvalue weighted by Crippen LogP contribution is 2.39. The summed E-state index contributed by atoms with van der Waals surface area (Å²) in [7, 11) is 0. The number of piperidine rings is 1. The smallest absolute Gasteiger partial charge is 0.257 e. The quantitative estimate of drug-likeness (QED) is 0.538. The Kier molecular flexibility index (Phi) is 6.06. The van der Waals surface area contributed by atoms with Gasteiger partial charge in [0, 0.05) is 35.6 Å². The molecule has 4 rings (SSSR count). The third-order valence-electron chi connectivity index (χ3n) is 6.49. The fraction of sp³-hybridized carbons (Fsp3) is 0.458. The van der Waals surface area contributed by atoms with Crippen molar-refractivity contribution in [2.24, 2.45) is 0 Å². The van der Waals surface area contributed by atoms with Crippen LogP contribution in [0.2, 0.25) is 0 Å². The van der Waals surface area contributed by atoms with Gasteiger partial charge in [-0.3, -0.25) is 9.59 Å². The second kappa shape index (κ2) is 8.78. The van der Waals surface area contributed by atoms with Gasteiger partial charge in [-0.15, -0.1) is 0 Å². The largest absolute Gasteiger partial charge is 0.506 e. The van der Waals surface area contributed by atoms with E-state index in [2.05, 4.69) is 25.5 Å². The van der Waals surface area contributed by atoms with Gasteiger partial charge in [0.25, 0.3) is 11.8 Å². The molecule has 32 heavy (non-hydrogen) atoms. The average Bonchev–Trinajstić information content (AvgIpc) is 3.22. The second-order valence-corrected chi connectivity index (χ2v) is 8.73. The van der Waals surface area contributed by atoms with E-state index in [1.165, 1.54) is 19.3 Å². The number of carbonyl (C=O) groups excluding carboxylic acids is 2. The first-order valence-electron chi connectivity index (χ1n) is 11.2. The maximum absolute atomic E-state index is 12.9. The number of nitrogens with one attached hydrogen (secondary N) is 3. The molecule has 8 nitrogen and oxygen atoms in total. The van der Waals surface area contributed by atoms with E-state index >= 15 is 0 Å². The van der Waals surface area contributed by atoms with E-state index in [0.29, 0.717) is 46.0 Å². The molecule has 0 saturated carbocycles. The van der Waals surface area contributed by atoms with E-state index in [4.69, 9.17) is 0 Å². The summed E-state index contributed by atoms with van der Waals surface area (Å²) in [5, 5.41) is 16.1. The Morgan fingerprint density at radius 3 is 2.59 bits per heavy atom. The summed E-state index contributed by atoms with van der Waals surface area (Å²) in [6.45, 7) is 10.9. The molecule has 2 aliphatic heterocycles. The van der Waals surface area contributed by atoms with E-state index in [0.717, 1.165) is 30.9 Å². The van der Waals surface area contributed by atoms with Crippen molar-refractivity contribution in [2.45, 2.75) is 47.0 Å². The number of aromatic amines is 1. The fourth-order valence-electron chi connectivity index (χ4n) is 4.69. The van der Waals surface area contributed by atoms with Gasteiger partial charge >= 0.3 is 0 Å². The molecule has 2 aromatic heterocycles. The Hall–Kier alpha value is -3.13. The molecule has 1 fully saturated rings. The third-order valence-corrected chi connectivity index (χ3v) is 6.49. The van der Waals surface area contributed by atoms with E-state index in [1.54, 1.807) is 19.9 Å². The molecule has 8 heteroatoms. The van der Waals surface area contributed by atoms with Gasteiger partial charge in [-0.25, -0.2) is 4.98 Å². The lowest BCUT2D eigenvalue weighted by atomic mass is 10.00. The zero-order valence-corrected chi connectivity index (χ0v) is 19.2. The van der Waals surface area contributed by atoms with Crippen molar-refractivity contribution in [3.8, 4) is 5.75 Å². The predicted molar refractivity (Wildman–Crippen MR) is 125 cm³/mol. The molecule has 170 valence electrons. The minimum absolute atomic E-state index is 0.0827. The Bertz CT molecular complexity index is 1110. The van der Waals surface area contributed by atoms with Gasteiger partial charge in [-0.1, -0.05) is 6.42 Å². The number of fused-ring (bicyclic) bond motifs is 1. The number of carbonyl (C=O) groups is 2. The number of amides is 2. The van der Waals surface area contributed by atoms with Gasteiger partial charge in [0.2, 0.25) is 0 Å². The summed E-state index contributed by atoms with van der Waals surface area (Å²) in [4.78, 5) is 35.5. The highest BCUT2D eigenvalue weighted by atomic mass is 16.3. The number of aryl methyl sites for hydroxylation is 2. The molecule has 2 aromatic rings. The van der Waals surface area contributed by atoms with Gasteiger partial charge in [-0.05, 0) is 65.3 Å². The standard InChI is InChI=1S/C24H31N5O3/c1-13-18(12-17-20-14(2)21(30)16(4)27-22(20)28-23(17)31)26-15(3)19(13)24(32)25-8-11-29-9-6-5-7-10-29/h12,26,30H,5-11H2,1-4H3,(H,25,32)(H,27,28,31)/b17-12-. The molecule has 0 aliphatic carbocycles. The molecular formula is C24H31N5O3. The molecule has 0 atom stereocenters. The summed E-state index contributed by atoms with van der Waals surface area (Å²) in [5.41, 5.74) is 4.93. The number of rotatable bonds is 5. The number of aromatic hydroxyl groups is 1. The van der Waals surface area contributed by atoms with Gasteiger partial charge in [-0.2, -0.15) is 0 Å². The first-order chi connectivity index (χ1) is 15.3. The SMILES string of the molecule is Cc1nc2c(c(C)c1O)/C(=C/c1[nH]c(C)c(C(=O)NCCN3CCCCC3)c1C)C(=O)N2. The number of H-pyrrole nitrogens is 1. The number of pyridine rings is 1. The van der Waals surface area contributed by atoms with Crippen molar-refractivity contribution in [3.05, 3.63) is 39.3 Å². The zero-order valence-electron chi connectivity index (χ0n) is 19.2. The Morgan fingerprint density at radius 2 is 1.88 bits per heavy atom. The van der Waals surface area contributed by atoms with Crippen molar-refractivity contribution in [1.29, 1.82) is 0 Å². The van der Waals surface area contributed by atoms with Crippen LogP contribution in [0.3, 0.4) is 0 Å². The number of hydrogen-bond acceptors (Lipinski definition) is 5. The van der Waals surface area contributed by atoms with E-state index in [-0.39, 0.29) is 17.6 Å². The third kappa shape index (κ3) is 4.02. The second-order valence-electron chi connectivity index (χ2n) is 8.73. The van der Waals surface area contributed by atoms with Crippen molar-refractivity contribution >= 4 is 29.3 Å². The normalized spacial score (nSPS) is 17.5. The summed E-state index contributed by atoms with van der Waals surface area (Å²) >= 11 is 0. The maximum atomic E-state index is 12.9. The first kappa shape index (κ1) is 22.1. The summed E-state index contributed by atoms with van der Waals surface area (Å²) in [6, 6.07) is 0. The molecule has 4 N–H and O–H groups in total. The molecule has 0 aromatic carbocycles. The van der Waals surface area contributed by atoms with E-state index in [9.17, 15) is 14.7 Å². The van der Waals surface area contributed by atoms with E-state index in [1.807, 2.05) is 13.8 Å². The van der Waals surface area contributed by atoms with Crippen LogP contribution in [0.25, 0.3) is 11.6 Å². The van der Waals surface area contributed by atoms with Crippen molar-refractivity contribution in [3.63, 3.8) is 0 Å². The molecular weight excluding hydrogens is 406 g/mol. The highest BCUT2D eigenvalue weighted by molar-refractivity contribution is 6.35. The molecule has 0 bridgehead atoms. The monoisotopic (exact) mass is 437 g/mol. The van der Waals surface area contributed by atoms with Crippen molar-refractivity contribution in [1.82, 2.24) is 20.2 Å². The van der Waals surface area contributed by atoms with Crippen molar-refractivity contribution < 1.29 is 14.7 Å². The van der Waals surface area contributed by atoms with Crippen LogP contribution in [-0.4, -0.2) is 58.0 Å². The molecule has 0 radical (unpaired) electrons. The minimum atomic E-state index is -0.278. The Labute approximate surface area is 188 Å². The number of nitrogens with zero attached hydrogens (tertiary/aromatic N) is 2. The molecule has 2 amide bonds. The molecule has 0 spiro atoms. The van der Waals surface area contributed by atoms with Crippen LogP contribution >= 0.6 is 0 Å². The van der Waals surface area contributed by atoms with Crippen molar-refractivity contribution in [2.75, 3.05) is 31.5 Å². The zero-order chi connectivity index (χ0) is 23.0. The van der Waals surface area contributed by atoms with Crippen LogP contribution in [0.4, 0.5) is 5.82 Å². The Morgan fingerprint density at radius 1 is 1.16 bits per heavy atom. The van der Waals surface area contributed by atoms with Crippen LogP contribution in [0, 0.1) is 27.7 Å². The number of likely N-dealkylation sites (tertiary alicyclic amines) is 1. The number of hydrogen-bond donors (Lipinski definition) is 4. The van der Waals surface area contributed by atoms with Crippen LogP contribution in [0.5, 0.6) is 5.75 Å². The maximum Gasteiger partial charge on any atom is 0.257 e. The van der Waals surface area contributed by atoms with Crippen LogP contribution < -0.4 is 10.6 Å². The minimum Gasteiger partial charge on any atom is -0.506 e. The van der Waals surface area contributed by atoms with Crippen LogP contribution in [-0.2, 0) is 4.79 Å². The van der Waals surface area contributed by atoms with Gasteiger partial charge in [0.05, 0.1) is 16.8 Å². The van der Waals surface area contributed by atoms with Gasteiger partial charge in [0.15, 0.2) is 0 Å². The molecule has 0 unspecified atom stereocenters. The lowest BCUT2D eigenvalue weighted by Crippen LogP contribution is -2.37. The average molecular weight is 438 g/mol. The van der Waals surface area contributed by atoms with Crippen LogP contribution in [0.15, 0.2) is 0 Å². The fourth-order valence-corrected chi connectivity index (χ4v) is 4.69. The van der Waals surface area contributed by atoms with Crippen LogP contribution in [0.1, 0.15) is 63.4 Å². The summed E-state index contributed by atoms with van der Waals surface area (Å²) < 4.78 is 0. The Balaban J connectivity index is 1.56. The molecule has 1 saturated heterocycles. The first-order valence-corrected chi connectivity index (χ1v) is 11.2. The molecule has 4 heterocycles. The number of aromatic nitrogens is 2. The van der Waals surface area contributed by atoms with Gasteiger partial charge < -0.3 is 25.6 Å². The topological polar surface area (TPSA) is 110 Å². The van der Waals surface area contributed by atoms with E-state index < -0.39 is 0 Å². The lowest BCUT2D eigenvalue weighted by molar-refractivity contribution is -0.110. The highest BCUT2D eigenvalue weighted by Gasteiger charge is 2.30. The predicted octanol–water partition coefficient (Wildman–Crippen LogP) is 3.06. The van der Waals surface area contributed by atoms with Gasteiger partial charge in [0.1, 0.15) is 11.6 Å².